The molecular weight excluding hydrogens is 268 g/mol. The number of hydrogen-bond acceptors (Lipinski definition) is 2. The van der Waals surface area contributed by atoms with E-state index in [1.165, 1.54) is 0 Å². The first kappa shape index (κ1) is 15.0. The molecule has 0 aliphatic rings. The molecule has 0 radical (unpaired) electrons. The molecule has 0 aromatic heterocycles. The van der Waals surface area contributed by atoms with Gasteiger partial charge in [-0.25, -0.2) is 0 Å². The lowest BCUT2D eigenvalue weighted by Gasteiger charge is -2.09. The zero-order chi connectivity index (χ0) is 12.6. The van der Waals surface area contributed by atoms with Crippen molar-refractivity contribution >= 4 is 21.5 Å². The maximum atomic E-state index is 5.19. The van der Waals surface area contributed by atoms with E-state index in [9.17, 15) is 0 Å². The molecule has 16 heavy (non-hydrogen) atoms. The third-order valence-electron chi connectivity index (χ3n) is 1.95. The number of halogens is 1. The Balaban J connectivity index is 0.00000106. The van der Waals surface area contributed by atoms with Gasteiger partial charge >= 0.3 is 0 Å². The molecule has 0 spiro atoms. The highest BCUT2D eigenvalue weighted by atomic mass is 79.9. The van der Waals surface area contributed by atoms with Gasteiger partial charge < -0.3 is 9.47 Å². The van der Waals surface area contributed by atoms with Gasteiger partial charge in [-0.05, 0) is 23.3 Å². The van der Waals surface area contributed by atoms with E-state index >= 15 is 0 Å². The van der Waals surface area contributed by atoms with Gasteiger partial charge in [0.1, 0.15) is 0 Å². The van der Waals surface area contributed by atoms with E-state index in [-0.39, 0.29) is 0 Å². The van der Waals surface area contributed by atoms with Crippen molar-refractivity contribution in [3.63, 3.8) is 0 Å². The number of rotatable bonds is 4. The van der Waals surface area contributed by atoms with Gasteiger partial charge in [-0.3, -0.25) is 0 Å². The van der Waals surface area contributed by atoms with Gasteiger partial charge in [0, 0.05) is 5.33 Å². The summed E-state index contributed by atoms with van der Waals surface area (Å²) in [5.41, 5.74) is 2.07. The van der Waals surface area contributed by atoms with Gasteiger partial charge in [-0.1, -0.05) is 42.4 Å². The molecule has 0 unspecified atom stereocenters. The lowest BCUT2D eigenvalue weighted by atomic mass is 10.1. The molecule has 0 atom stereocenters. The first-order chi connectivity index (χ1) is 7.72. The molecule has 2 nitrogen and oxygen atoms in total. The average molecular weight is 287 g/mol. The van der Waals surface area contributed by atoms with E-state index in [1.54, 1.807) is 14.2 Å². The monoisotopic (exact) mass is 286 g/mol. The van der Waals surface area contributed by atoms with Crippen LogP contribution in [0.3, 0.4) is 0 Å². The third-order valence-corrected chi connectivity index (χ3v) is 2.63. The van der Waals surface area contributed by atoms with Crippen LogP contribution in [0.25, 0.3) is 5.57 Å². The highest BCUT2D eigenvalue weighted by molar-refractivity contribution is 9.09. The van der Waals surface area contributed by atoms with E-state index in [2.05, 4.69) is 22.5 Å². The van der Waals surface area contributed by atoms with Crippen molar-refractivity contribution in [2.45, 2.75) is 13.8 Å². The zero-order valence-corrected chi connectivity index (χ0v) is 11.9. The van der Waals surface area contributed by atoms with E-state index < -0.39 is 0 Å². The summed E-state index contributed by atoms with van der Waals surface area (Å²) in [6.45, 7) is 7.93. The molecule has 0 aliphatic heterocycles. The van der Waals surface area contributed by atoms with Gasteiger partial charge in [0.15, 0.2) is 11.5 Å². The van der Waals surface area contributed by atoms with Crippen LogP contribution in [0.4, 0.5) is 0 Å². The number of allylic oxidation sites excluding steroid dienone is 1. The van der Waals surface area contributed by atoms with Crippen LogP contribution in [-0.2, 0) is 0 Å². The average Bonchev–Trinajstić information content (AvgIpc) is 2.39. The summed E-state index contributed by atoms with van der Waals surface area (Å²) in [5.74, 6) is 1.46. The SMILES string of the molecule is C=C(CBr)c1ccc(OC)c(OC)c1.CC. The molecule has 90 valence electrons. The summed E-state index contributed by atoms with van der Waals surface area (Å²) in [7, 11) is 3.25. The van der Waals surface area contributed by atoms with Crippen molar-refractivity contribution in [3.05, 3.63) is 30.3 Å². The van der Waals surface area contributed by atoms with Crippen LogP contribution in [0, 0.1) is 0 Å². The molecule has 0 bridgehead atoms. The summed E-state index contributed by atoms with van der Waals surface area (Å²) in [6, 6.07) is 5.76. The fraction of sp³-hybridized carbons (Fsp3) is 0.385. The zero-order valence-electron chi connectivity index (χ0n) is 10.3. The van der Waals surface area contributed by atoms with E-state index in [4.69, 9.17) is 9.47 Å². The van der Waals surface area contributed by atoms with Gasteiger partial charge in [0.2, 0.25) is 0 Å². The van der Waals surface area contributed by atoms with Crippen molar-refractivity contribution in [2.24, 2.45) is 0 Å². The van der Waals surface area contributed by atoms with Crippen molar-refractivity contribution in [1.29, 1.82) is 0 Å². The maximum absolute atomic E-state index is 5.19. The fourth-order valence-corrected chi connectivity index (χ4v) is 1.46. The number of alkyl halides is 1. The first-order valence-electron chi connectivity index (χ1n) is 5.19. The summed E-state index contributed by atoms with van der Waals surface area (Å²) >= 11 is 3.36. The van der Waals surface area contributed by atoms with E-state index in [0.717, 1.165) is 28.0 Å². The summed E-state index contributed by atoms with van der Waals surface area (Å²) in [4.78, 5) is 0. The molecule has 0 amide bonds. The second-order valence-corrected chi connectivity index (χ2v) is 3.37. The minimum absolute atomic E-state index is 0.729. The Morgan fingerprint density at radius 1 is 1.19 bits per heavy atom. The Labute approximate surface area is 106 Å². The molecule has 0 aliphatic carbocycles. The molecule has 0 fully saturated rings. The Morgan fingerprint density at radius 3 is 2.19 bits per heavy atom. The standard InChI is InChI=1S/C11H13BrO2.C2H6/c1-8(7-12)9-4-5-10(13-2)11(6-9)14-3;1-2/h4-6H,1,7H2,2-3H3;1-2H3. The molecule has 0 heterocycles. The third kappa shape index (κ3) is 3.89. The Bertz CT molecular complexity index is 335. The number of ether oxygens (including phenoxy) is 2. The van der Waals surface area contributed by atoms with E-state index in [1.807, 2.05) is 32.0 Å². The fourth-order valence-electron chi connectivity index (χ4n) is 1.13. The first-order valence-corrected chi connectivity index (χ1v) is 6.31. The van der Waals surface area contributed by atoms with Gasteiger partial charge in [0.25, 0.3) is 0 Å². The highest BCUT2D eigenvalue weighted by Crippen LogP contribution is 2.30. The van der Waals surface area contributed by atoms with Crippen LogP contribution < -0.4 is 9.47 Å². The predicted molar refractivity (Wildman–Crippen MR) is 73.7 cm³/mol. The summed E-state index contributed by atoms with van der Waals surface area (Å²) in [6.07, 6.45) is 0. The molecule has 1 aromatic carbocycles. The van der Waals surface area contributed by atoms with Gasteiger partial charge in [-0.2, -0.15) is 0 Å². The molecule has 3 heteroatoms. The molecule has 0 N–H and O–H groups in total. The minimum Gasteiger partial charge on any atom is -0.493 e. The lowest BCUT2D eigenvalue weighted by Crippen LogP contribution is -1.92. The summed E-state index contributed by atoms with van der Waals surface area (Å²) < 4.78 is 10.3. The van der Waals surface area contributed by atoms with Crippen molar-refractivity contribution in [2.75, 3.05) is 19.5 Å². The lowest BCUT2D eigenvalue weighted by molar-refractivity contribution is 0.355. The minimum atomic E-state index is 0.729. The predicted octanol–water partition coefficient (Wildman–Crippen LogP) is 4.14. The van der Waals surface area contributed by atoms with Crippen LogP contribution in [0.15, 0.2) is 24.8 Å². The van der Waals surface area contributed by atoms with Crippen molar-refractivity contribution in [1.82, 2.24) is 0 Å². The second-order valence-electron chi connectivity index (χ2n) is 2.81. The molecule has 1 aromatic rings. The number of hydrogen-bond donors (Lipinski definition) is 0. The van der Waals surface area contributed by atoms with Gasteiger partial charge in [0.05, 0.1) is 14.2 Å². The van der Waals surface area contributed by atoms with Crippen molar-refractivity contribution in [3.8, 4) is 11.5 Å². The Kier molecular flexibility index (Phi) is 7.73. The smallest absolute Gasteiger partial charge is 0.161 e. The topological polar surface area (TPSA) is 18.5 Å². The van der Waals surface area contributed by atoms with Gasteiger partial charge in [-0.15, -0.1) is 0 Å². The van der Waals surface area contributed by atoms with Crippen LogP contribution in [0.5, 0.6) is 11.5 Å². The molecular formula is C13H19BrO2. The maximum Gasteiger partial charge on any atom is 0.161 e. The van der Waals surface area contributed by atoms with Crippen LogP contribution >= 0.6 is 15.9 Å². The largest absolute Gasteiger partial charge is 0.493 e. The number of methoxy groups -OCH3 is 2. The number of benzene rings is 1. The van der Waals surface area contributed by atoms with Crippen LogP contribution in [-0.4, -0.2) is 19.5 Å². The van der Waals surface area contributed by atoms with Crippen LogP contribution in [0.1, 0.15) is 19.4 Å². The molecule has 0 saturated heterocycles. The normalized spacial score (nSPS) is 8.81. The summed E-state index contributed by atoms with van der Waals surface area (Å²) in [5, 5.41) is 0.752. The molecule has 0 saturated carbocycles. The van der Waals surface area contributed by atoms with E-state index in [0.29, 0.717) is 0 Å². The Morgan fingerprint density at radius 2 is 1.75 bits per heavy atom. The van der Waals surface area contributed by atoms with Crippen LogP contribution in [0.2, 0.25) is 0 Å². The highest BCUT2D eigenvalue weighted by Gasteiger charge is 2.05. The van der Waals surface area contributed by atoms with Crippen molar-refractivity contribution < 1.29 is 9.47 Å². The molecule has 1 rings (SSSR count). The Hall–Kier alpha value is -0.960. The quantitative estimate of drug-likeness (QED) is 0.775. The second kappa shape index (κ2) is 8.22.